The predicted molar refractivity (Wildman–Crippen MR) is 73.7 cm³/mol. The van der Waals surface area contributed by atoms with Gasteiger partial charge in [-0.15, -0.1) is 0 Å². The third kappa shape index (κ3) is 2.22. The Balaban J connectivity index is 2.30. The lowest BCUT2D eigenvalue weighted by Crippen LogP contribution is -2.30. The highest BCUT2D eigenvalue weighted by atomic mass is 35.5. The maximum Gasteiger partial charge on any atom is 0.266 e. The molecule has 0 radical (unpaired) electrons. The Bertz CT molecular complexity index is 662. The first-order valence-electron chi connectivity index (χ1n) is 5.91. The van der Waals surface area contributed by atoms with Crippen molar-refractivity contribution in [1.29, 1.82) is 0 Å². The highest BCUT2D eigenvalue weighted by Crippen LogP contribution is 2.62. The van der Waals surface area contributed by atoms with Gasteiger partial charge in [0.25, 0.3) is 5.56 Å². The second-order valence-electron chi connectivity index (χ2n) is 6.01. The lowest BCUT2D eigenvalue weighted by atomic mass is 10.0. The van der Waals surface area contributed by atoms with Crippen molar-refractivity contribution >= 4 is 21.6 Å². The molecule has 2 N–H and O–H groups in total. The second-order valence-corrected chi connectivity index (χ2v) is 8.13. The molecule has 0 spiro atoms. The molecular formula is C12H17ClN2O3S. The van der Waals surface area contributed by atoms with E-state index in [1.165, 1.54) is 0 Å². The van der Waals surface area contributed by atoms with E-state index in [1.54, 1.807) is 0 Å². The van der Waals surface area contributed by atoms with E-state index in [0.717, 1.165) is 12.3 Å². The number of hydrogen-bond donors (Lipinski definition) is 2. The number of halogens is 1. The smallest absolute Gasteiger partial charge is 0.266 e. The van der Waals surface area contributed by atoms with Crippen LogP contribution < -0.4 is 10.3 Å². The van der Waals surface area contributed by atoms with Gasteiger partial charge in [0.2, 0.25) is 10.0 Å². The van der Waals surface area contributed by atoms with Crippen LogP contribution in [0.4, 0.5) is 0 Å². The molecule has 1 aromatic rings. The molecule has 1 fully saturated rings. The van der Waals surface area contributed by atoms with E-state index in [9.17, 15) is 13.2 Å². The van der Waals surface area contributed by atoms with Gasteiger partial charge in [0.15, 0.2) is 0 Å². The van der Waals surface area contributed by atoms with Crippen LogP contribution in [0.1, 0.15) is 27.7 Å². The Kier molecular flexibility index (Phi) is 3.12. The van der Waals surface area contributed by atoms with Gasteiger partial charge in [0, 0.05) is 12.2 Å². The fourth-order valence-electron chi connectivity index (χ4n) is 2.31. The van der Waals surface area contributed by atoms with Gasteiger partial charge in [0.1, 0.15) is 5.02 Å². The Morgan fingerprint density at radius 1 is 1.26 bits per heavy atom. The van der Waals surface area contributed by atoms with E-state index in [-0.39, 0.29) is 26.8 Å². The summed E-state index contributed by atoms with van der Waals surface area (Å²) in [7, 11) is -3.68. The lowest BCUT2D eigenvalue weighted by Gasteiger charge is -2.08. The van der Waals surface area contributed by atoms with Crippen LogP contribution in [0.15, 0.2) is 22.0 Å². The maximum atomic E-state index is 12.2. The summed E-state index contributed by atoms with van der Waals surface area (Å²) in [6.45, 7) is 8.06. The van der Waals surface area contributed by atoms with Gasteiger partial charge in [-0.05, 0) is 16.9 Å². The number of aromatic amines is 1. The molecule has 0 bridgehead atoms. The van der Waals surface area contributed by atoms with Crippen molar-refractivity contribution in [1.82, 2.24) is 9.71 Å². The zero-order chi connectivity index (χ0) is 14.6. The number of H-pyrrole nitrogens is 1. The summed E-state index contributed by atoms with van der Waals surface area (Å²) in [5.41, 5.74) is -0.717. The van der Waals surface area contributed by atoms with Gasteiger partial charge in [-0.25, -0.2) is 13.1 Å². The summed E-state index contributed by atoms with van der Waals surface area (Å²) in [4.78, 5) is 13.4. The monoisotopic (exact) mass is 304 g/mol. The van der Waals surface area contributed by atoms with E-state index in [2.05, 4.69) is 9.71 Å². The Morgan fingerprint density at radius 2 is 1.79 bits per heavy atom. The third-order valence-corrected chi connectivity index (χ3v) is 6.12. The first-order valence-corrected chi connectivity index (χ1v) is 7.77. The summed E-state index contributed by atoms with van der Waals surface area (Å²) in [6, 6.07) is 1.01. The van der Waals surface area contributed by atoms with Gasteiger partial charge in [-0.3, -0.25) is 4.79 Å². The summed E-state index contributed by atoms with van der Waals surface area (Å²) in [6.07, 6.45) is 1.15. The van der Waals surface area contributed by atoms with Gasteiger partial charge in [0.05, 0.1) is 4.90 Å². The van der Waals surface area contributed by atoms with Gasteiger partial charge in [-0.2, -0.15) is 0 Å². The van der Waals surface area contributed by atoms with Crippen molar-refractivity contribution in [2.24, 2.45) is 10.8 Å². The minimum Gasteiger partial charge on any atom is -0.326 e. The van der Waals surface area contributed by atoms with Crippen molar-refractivity contribution in [2.75, 3.05) is 0 Å². The highest BCUT2D eigenvalue weighted by molar-refractivity contribution is 7.89. The predicted octanol–water partition coefficient (Wildman–Crippen LogP) is 1.74. The fraction of sp³-hybridized carbons (Fsp3) is 0.583. The molecule has 2 rings (SSSR count). The summed E-state index contributed by atoms with van der Waals surface area (Å²) in [5.74, 6) is 0. The normalized spacial score (nSPS) is 21.3. The van der Waals surface area contributed by atoms with Crippen LogP contribution in [0, 0.1) is 10.8 Å². The molecule has 0 saturated heterocycles. The molecule has 7 heteroatoms. The molecule has 0 aliphatic heterocycles. The van der Waals surface area contributed by atoms with Crippen LogP contribution >= 0.6 is 11.6 Å². The van der Waals surface area contributed by atoms with Gasteiger partial charge < -0.3 is 4.98 Å². The quantitative estimate of drug-likeness (QED) is 0.893. The van der Waals surface area contributed by atoms with Crippen LogP contribution in [-0.2, 0) is 10.0 Å². The average Bonchev–Trinajstić information content (AvgIpc) is 2.64. The number of pyridine rings is 1. The zero-order valence-corrected chi connectivity index (χ0v) is 12.8. The number of aromatic nitrogens is 1. The van der Waals surface area contributed by atoms with Crippen LogP contribution in [0.25, 0.3) is 0 Å². The van der Waals surface area contributed by atoms with E-state index >= 15 is 0 Å². The van der Waals surface area contributed by atoms with Crippen LogP contribution in [0.3, 0.4) is 0 Å². The first-order chi connectivity index (χ1) is 8.50. The van der Waals surface area contributed by atoms with E-state index in [4.69, 9.17) is 11.6 Å². The average molecular weight is 305 g/mol. The molecule has 0 aromatic carbocycles. The van der Waals surface area contributed by atoms with Crippen molar-refractivity contribution in [3.8, 4) is 0 Å². The minimum atomic E-state index is -3.68. The molecule has 1 aromatic heterocycles. The molecule has 1 aliphatic carbocycles. The largest absolute Gasteiger partial charge is 0.326 e. The second kappa shape index (κ2) is 4.07. The Labute approximate surface area is 117 Å². The molecule has 5 nitrogen and oxygen atoms in total. The van der Waals surface area contributed by atoms with Crippen LogP contribution in [0.2, 0.25) is 5.02 Å². The van der Waals surface area contributed by atoms with Crippen LogP contribution in [0.5, 0.6) is 0 Å². The SMILES string of the molecule is CC1(C)C(NS(=O)(=O)c2c[nH]c(=O)c(Cl)c2)C1(C)C. The molecule has 0 unspecified atom stereocenters. The van der Waals surface area contributed by atoms with E-state index in [0.29, 0.717) is 0 Å². The van der Waals surface area contributed by atoms with Gasteiger partial charge >= 0.3 is 0 Å². The highest BCUT2D eigenvalue weighted by Gasteiger charge is 2.66. The number of nitrogens with one attached hydrogen (secondary N) is 2. The summed E-state index contributed by atoms with van der Waals surface area (Å²) < 4.78 is 27.1. The molecule has 0 amide bonds. The number of sulfonamides is 1. The van der Waals surface area contributed by atoms with Crippen molar-refractivity contribution in [3.63, 3.8) is 0 Å². The molecule has 106 valence electrons. The minimum absolute atomic E-state index is 0.0319. The van der Waals surface area contributed by atoms with E-state index < -0.39 is 15.6 Å². The standard InChI is InChI=1S/C12H17ClN2O3S/c1-11(2)10(12(11,3)4)15-19(17,18)7-5-8(13)9(16)14-6-7/h5-6,10,15H,1-4H3,(H,14,16). The number of hydrogen-bond acceptors (Lipinski definition) is 3. The fourth-order valence-corrected chi connectivity index (χ4v) is 4.07. The molecule has 1 aliphatic rings. The summed E-state index contributed by atoms with van der Waals surface area (Å²) in [5, 5.41) is -0.141. The first kappa shape index (κ1) is 14.6. The Morgan fingerprint density at radius 3 is 2.21 bits per heavy atom. The summed E-state index contributed by atoms with van der Waals surface area (Å²) >= 11 is 5.65. The Hall–Kier alpha value is -0.850. The third-order valence-electron chi connectivity index (χ3n) is 4.44. The lowest BCUT2D eigenvalue weighted by molar-refractivity contribution is 0.457. The molecule has 1 saturated carbocycles. The van der Waals surface area contributed by atoms with Gasteiger partial charge in [-0.1, -0.05) is 39.3 Å². The topological polar surface area (TPSA) is 79.0 Å². The zero-order valence-electron chi connectivity index (χ0n) is 11.2. The molecule has 0 atom stereocenters. The maximum absolute atomic E-state index is 12.2. The van der Waals surface area contributed by atoms with Crippen LogP contribution in [-0.4, -0.2) is 19.4 Å². The van der Waals surface area contributed by atoms with Crippen molar-refractivity contribution in [2.45, 2.75) is 38.6 Å². The van der Waals surface area contributed by atoms with E-state index in [1.807, 2.05) is 27.7 Å². The van der Waals surface area contributed by atoms with Crippen molar-refractivity contribution in [3.05, 3.63) is 27.6 Å². The number of rotatable bonds is 3. The molecule has 19 heavy (non-hydrogen) atoms. The molecular weight excluding hydrogens is 288 g/mol. The van der Waals surface area contributed by atoms with Crippen molar-refractivity contribution < 1.29 is 8.42 Å². The molecule has 1 heterocycles.